The Bertz CT molecular complexity index is 778. The molecule has 3 aliphatic rings. The number of aryl methyl sites for hydroxylation is 1. The predicted octanol–water partition coefficient (Wildman–Crippen LogP) is 5.21. The number of ether oxygens (including phenoxy) is 2. The molecule has 1 aromatic carbocycles. The van der Waals surface area contributed by atoms with E-state index in [1.165, 1.54) is 11.1 Å². The van der Waals surface area contributed by atoms with Crippen molar-refractivity contribution in [2.24, 2.45) is 22.7 Å². The molecule has 1 N–H and O–H groups in total. The predicted molar refractivity (Wildman–Crippen MR) is 109 cm³/mol. The number of esters is 1. The minimum absolute atomic E-state index is 0.0425. The normalized spacial score (nSPS) is 34.2. The quantitative estimate of drug-likeness (QED) is 0.709. The van der Waals surface area contributed by atoms with E-state index in [0.717, 1.165) is 38.5 Å². The fourth-order valence-electron chi connectivity index (χ4n) is 6.20. The molecule has 5 atom stereocenters. The van der Waals surface area contributed by atoms with E-state index in [9.17, 15) is 9.90 Å². The van der Waals surface area contributed by atoms with Crippen LogP contribution in [0.2, 0.25) is 0 Å². The van der Waals surface area contributed by atoms with Crippen LogP contribution < -0.4 is 4.74 Å². The second-order valence-corrected chi connectivity index (χ2v) is 10.4. The highest BCUT2D eigenvalue weighted by Gasteiger charge is 2.56. The Hall–Kier alpha value is -1.71. The molecule has 3 unspecified atom stereocenters. The third-order valence-electron chi connectivity index (χ3n) is 7.80. The lowest BCUT2D eigenvalue weighted by Gasteiger charge is -2.50. The maximum Gasteiger partial charge on any atom is 0.311 e. The number of carbonyl (C=O) groups excluding carboxylic acids is 1. The van der Waals surface area contributed by atoms with Crippen molar-refractivity contribution in [1.29, 1.82) is 0 Å². The number of methoxy groups -OCH3 is 1. The van der Waals surface area contributed by atoms with Crippen LogP contribution in [0.15, 0.2) is 12.1 Å². The highest BCUT2D eigenvalue weighted by Crippen LogP contribution is 2.62. The monoisotopic (exact) mass is 386 g/mol. The van der Waals surface area contributed by atoms with Crippen molar-refractivity contribution in [2.45, 2.75) is 78.2 Å². The van der Waals surface area contributed by atoms with Crippen molar-refractivity contribution in [3.63, 3.8) is 0 Å². The molecule has 0 aliphatic heterocycles. The van der Waals surface area contributed by atoms with Gasteiger partial charge in [0.05, 0.1) is 12.5 Å². The van der Waals surface area contributed by atoms with E-state index >= 15 is 0 Å². The summed E-state index contributed by atoms with van der Waals surface area (Å²) < 4.78 is 11.4. The molecule has 2 fully saturated rings. The van der Waals surface area contributed by atoms with Gasteiger partial charge in [-0.25, -0.2) is 0 Å². The molecule has 0 spiro atoms. The summed E-state index contributed by atoms with van der Waals surface area (Å²) in [4.78, 5) is 12.5. The van der Waals surface area contributed by atoms with E-state index in [2.05, 4.69) is 13.0 Å². The van der Waals surface area contributed by atoms with Gasteiger partial charge in [-0.05, 0) is 100 Å². The van der Waals surface area contributed by atoms with Gasteiger partial charge in [-0.2, -0.15) is 0 Å². The minimum Gasteiger partial charge on any atom is -0.504 e. The second kappa shape index (κ2) is 6.67. The van der Waals surface area contributed by atoms with Gasteiger partial charge >= 0.3 is 5.97 Å². The number of fused-ring (bicyclic) bond motifs is 5. The number of rotatable bonds is 2. The molecule has 0 radical (unpaired) electrons. The average Bonchev–Trinajstić information content (AvgIpc) is 2.96. The Labute approximate surface area is 168 Å². The zero-order valence-electron chi connectivity index (χ0n) is 17.9. The maximum atomic E-state index is 12.5. The van der Waals surface area contributed by atoms with Crippen LogP contribution >= 0.6 is 0 Å². The molecular weight excluding hydrogens is 352 g/mol. The van der Waals surface area contributed by atoms with Crippen LogP contribution in [0.3, 0.4) is 0 Å². The molecule has 0 aromatic heterocycles. The minimum atomic E-state index is -0.450. The lowest BCUT2D eigenvalue weighted by atomic mass is 9.55. The third kappa shape index (κ3) is 3.00. The summed E-state index contributed by atoms with van der Waals surface area (Å²) in [5, 5.41) is 10.2. The molecule has 4 heteroatoms. The summed E-state index contributed by atoms with van der Waals surface area (Å²) in [6.45, 7) is 8.15. The Balaban J connectivity index is 1.59. The van der Waals surface area contributed by atoms with Crippen LogP contribution in [0.25, 0.3) is 0 Å². The van der Waals surface area contributed by atoms with Crippen molar-refractivity contribution in [3.05, 3.63) is 23.3 Å². The van der Waals surface area contributed by atoms with Crippen molar-refractivity contribution in [2.75, 3.05) is 7.11 Å². The van der Waals surface area contributed by atoms with E-state index in [-0.39, 0.29) is 23.2 Å². The van der Waals surface area contributed by atoms with Crippen LogP contribution in [0.4, 0.5) is 0 Å². The lowest BCUT2D eigenvalue weighted by molar-refractivity contribution is -0.167. The molecule has 0 saturated heterocycles. The number of carbonyl (C=O) groups is 1. The molecule has 0 amide bonds. The molecule has 4 nitrogen and oxygen atoms in total. The number of phenols is 1. The smallest absolute Gasteiger partial charge is 0.311 e. The Morgan fingerprint density at radius 2 is 1.93 bits per heavy atom. The van der Waals surface area contributed by atoms with E-state index in [0.29, 0.717) is 23.5 Å². The van der Waals surface area contributed by atoms with E-state index in [1.807, 2.05) is 26.8 Å². The first-order valence-corrected chi connectivity index (χ1v) is 10.8. The van der Waals surface area contributed by atoms with E-state index in [4.69, 9.17) is 9.47 Å². The van der Waals surface area contributed by atoms with Crippen LogP contribution in [-0.4, -0.2) is 24.3 Å². The lowest BCUT2D eigenvalue weighted by Crippen LogP contribution is -2.46. The molecule has 154 valence electrons. The first kappa shape index (κ1) is 19.6. The van der Waals surface area contributed by atoms with Gasteiger partial charge in [0.2, 0.25) is 0 Å². The standard InChI is InChI=1S/C24H34O4/c1-23(2,3)22(26)28-21-9-8-18-16-7-6-14-12-19(25)20(27-5)13-17(14)15(16)10-11-24(18,21)4/h12-13,15-16,18,21,25H,6-11H2,1-5H3/t15?,16?,18?,21-,24-/m0/s1. The fraction of sp³-hybridized carbons (Fsp3) is 0.708. The SMILES string of the molecule is COc1cc2c(cc1O)CCC1C2CC[C@@]2(C)C1CC[C@@H]2OC(=O)C(C)(C)C. The van der Waals surface area contributed by atoms with Crippen molar-refractivity contribution < 1.29 is 19.4 Å². The summed E-state index contributed by atoms with van der Waals surface area (Å²) in [5.41, 5.74) is 2.27. The van der Waals surface area contributed by atoms with Crippen LogP contribution in [0, 0.1) is 22.7 Å². The number of hydrogen-bond acceptors (Lipinski definition) is 4. The number of benzene rings is 1. The summed E-state index contributed by atoms with van der Waals surface area (Å²) in [5.74, 6) is 2.49. The van der Waals surface area contributed by atoms with Crippen LogP contribution in [0.5, 0.6) is 11.5 Å². The number of aromatic hydroxyl groups is 1. The zero-order chi connectivity index (χ0) is 20.3. The highest BCUT2D eigenvalue weighted by molar-refractivity contribution is 5.75. The van der Waals surface area contributed by atoms with Crippen LogP contribution in [0.1, 0.15) is 76.8 Å². The maximum absolute atomic E-state index is 12.5. The molecule has 0 heterocycles. The van der Waals surface area contributed by atoms with Gasteiger partial charge in [-0.3, -0.25) is 4.79 Å². The topological polar surface area (TPSA) is 55.8 Å². The van der Waals surface area contributed by atoms with Crippen molar-refractivity contribution >= 4 is 5.97 Å². The summed E-state index contributed by atoms with van der Waals surface area (Å²) in [7, 11) is 1.62. The largest absolute Gasteiger partial charge is 0.504 e. The van der Waals surface area contributed by atoms with Gasteiger partial charge in [0.15, 0.2) is 11.5 Å². The van der Waals surface area contributed by atoms with Gasteiger partial charge in [0, 0.05) is 5.41 Å². The summed E-state index contributed by atoms with van der Waals surface area (Å²) in [6.07, 6.45) is 6.53. The summed E-state index contributed by atoms with van der Waals surface area (Å²) in [6, 6.07) is 3.97. The molecule has 4 rings (SSSR count). The third-order valence-corrected chi connectivity index (χ3v) is 7.80. The Kier molecular flexibility index (Phi) is 4.67. The molecule has 28 heavy (non-hydrogen) atoms. The van der Waals surface area contributed by atoms with Gasteiger partial charge in [0.1, 0.15) is 6.10 Å². The van der Waals surface area contributed by atoms with Crippen molar-refractivity contribution in [3.8, 4) is 11.5 Å². The molecule has 3 aliphatic carbocycles. The molecule has 1 aromatic rings. The Morgan fingerprint density at radius 3 is 2.61 bits per heavy atom. The molecule has 2 saturated carbocycles. The Morgan fingerprint density at radius 1 is 1.18 bits per heavy atom. The van der Waals surface area contributed by atoms with Crippen LogP contribution in [-0.2, 0) is 16.0 Å². The fourth-order valence-corrected chi connectivity index (χ4v) is 6.20. The van der Waals surface area contributed by atoms with Gasteiger partial charge in [-0.1, -0.05) is 6.92 Å². The van der Waals surface area contributed by atoms with Gasteiger partial charge in [-0.15, -0.1) is 0 Å². The molecule has 0 bridgehead atoms. The first-order chi connectivity index (χ1) is 13.1. The van der Waals surface area contributed by atoms with Gasteiger partial charge < -0.3 is 14.6 Å². The van der Waals surface area contributed by atoms with E-state index < -0.39 is 5.41 Å². The van der Waals surface area contributed by atoms with E-state index in [1.54, 1.807) is 7.11 Å². The average molecular weight is 387 g/mol. The molecular formula is C24H34O4. The zero-order valence-corrected chi connectivity index (χ0v) is 17.9. The highest BCUT2D eigenvalue weighted by atomic mass is 16.5. The second-order valence-electron chi connectivity index (χ2n) is 10.4. The number of phenolic OH excluding ortho intramolecular Hbond substituents is 1. The first-order valence-electron chi connectivity index (χ1n) is 10.8. The number of hydrogen-bond donors (Lipinski definition) is 1. The van der Waals surface area contributed by atoms with Gasteiger partial charge in [0.25, 0.3) is 0 Å². The summed E-state index contributed by atoms with van der Waals surface area (Å²) >= 11 is 0. The van der Waals surface area contributed by atoms with Crippen molar-refractivity contribution in [1.82, 2.24) is 0 Å².